The summed E-state index contributed by atoms with van der Waals surface area (Å²) in [5, 5.41) is 0.746. The Bertz CT molecular complexity index is 863. The molecule has 6 nitrogen and oxygen atoms in total. The molecular formula is C13H14BrN3O3S. The summed E-state index contributed by atoms with van der Waals surface area (Å²) >= 11 is 3.32. The largest absolute Gasteiger partial charge is 0.327 e. The number of aromatic nitrogens is 1. The zero-order valence-corrected chi connectivity index (χ0v) is 13.4. The van der Waals surface area contributed by atoms with E-state index < -0.39 is 10.0 Å². The monoisotopic (exact) mass is 371 g/mol. The van der Waals surface area contributed by atoms with E-state index in [1.165, 1.54) is 16.6 Å². The number of sulfonamides is 1. The van der Waals surface area contributed by atoms with Crippen LogP contribution in [0.25, 0.3) is 10.8 Å². The maximum atomic E-state index is 12.8. The molecule has 2 heterocycles. The molecule has 3 rings (SSSR count). The molecule has 0 aliphatic carbocycles. The lowest BCUT2D eigenvalue weighted by atomic mass is 10.2. The molecule has 1 saturated heterocycles. The lowest BCUT2D eigenvalue weighted by Gasteiger charge is -2.17. The average molecular weight is 372 g/mol. The lowest BCUT2D eigenvalue weighted by molar-refractivity contribution is 0.473. The molecule has 0 spiro atoms. The molecule has 1 aliphatic heterocycles. The second kappa shape index (κ2) is 5.20. The number of pyridine rings is 1. The minimum Gasteiger partial charge on any atom is -0.327 e. The highest BCUT2D eigenvalue weighted by molar-refractivity contribution is 9.10. The first-order valence-corrected chi connectivity index (χ1v) is 8.70. The van der Waals surface area contributed by atoms with E-state index in [-0.39, 0.29) is 16.5 Å². The number of hydrogen-bond donors (Lipinski definition) is 2. The minimum absolute atomic E-state index is 0.132. The number of rotatable bonds is 2. The van der Waals surface area contributed by atoms with Gasteiger partial charge in [-0.25, -0.2) is 8.42 Å². The molecule has 2 aromatic rings. The number of benzene rings is 1. The highest BCUT2D eigenvalue weighted by atomic mass is 79.9. The van der Waals surface area contributed by atoms with Crippen molar-refractivity contribution >= 4 is 36.7 Å². The van der Waals surface area contributed by atoms with Gasteiger partial charge in [0.15, 0.2) is 0 Å². The number of nitrogens with two attached hydrogens (primary N) is 1. The van der Waals surface area contributed by atoms with Gasteiger partial charge in [-0.1, -0.05) is 6.07 Å². The van der Waals surface area contributed by atoms with Crippen molar-refractivity contribution in [1.82, 2.24) is 9.29 Å². The van der Waals surface area contributed by atoms with Crippen LogP contribution in [0.5, 0.6) is 0 Å². The summed E-state index contributed by atoms with van der Waals surface area (Å²) in [5.74, 6) is 0. The van der Waals surface area contributed by atoms with E-state index in [1.54, 1.807) is 12.1 Å². The van der Waals surface area contributed by atoms with Crippen LogP contribution in [0, 0.1) is 0 Å². The molecule has 1 fully saturated rings. The zero-order chi connectivity index (χ0) is 15.2. The zero-order valence-electron chi connectivity index (χ0n) is 11.0. The number of nitrogens with one attached hydrogen (secondary N) is 1. The molecule has 1 atom stereocenters. The molecule has 8 heteroatoms. The fourth-order valence-corrected chi connectivity index (χ4v) is 4.98. The van der Waals surface area contributed by atoms with E-state index in [4.69, 9.17) is 5.73 Å². The predicted molar refractivity (Wildman–Crippen MR) is 83.6 cm³/mol. The van der Waals surface area contributed by atoms with Gasteiger partial charge in [0.25, 0.3) is 5.56 Å². The first kappa shape index (κ1) is 14.7. The second-order valence-electron chi connectivity index (χ2n) is 5.06. The molecular weight excluding hydrogens is 358 g/mol. The third kappa shape index (κ3) is 2.42. The maximum absolute atomic E-state index is 12.8. The fraction of sp³-hybridized carbons (Fsp3) is 0.308. The van der Waals surface area contributed by atoms with Gasteiger partial charge in [0.2, 0.25) is 10.0 Å². The normalized spacial score (nSPS) is 20.2. The Morgan fingerprint density at radius 1 is 1.38 bits per heavy atom. The van der Waals surface area contributed by atoms with Crippen molar-refractivity contribution in [3.05, 3.63) is 39.2 Å². The number of nitrogens with zero attached hydrogens (tertiary/aromatic N) is 1. The Labute approximate surface area is 130 Å². The molecule has 1 aliphatic rings. The van der Waals surface area contributed by atoms with Crippen LogP contribution < -0.4 is 11.3 Å². The number of aromatic amines is 1. The van der Waals surface area contributed by atoms with Crippen molar-refractivity contribution < 1.29 is 8.42 Å². The third-order valence-electron chi connectivity index (χ3n) is 3.64. The Kier molecular flexibility index (Phi) is 3.64. The molecule has 1 aromatic carbocycles. The summed E-state index contributed by atoms with van der Waals surface area (Å²) in [6.45, 7) is 0.709. The summed E-state index contributed by atoms with van der Waals surface area (Å²) in [4.78, 5) is 14.6. The van der Waals surface area contributed by atoms with Crippen LogP contribution in [0.4, 0.5) is 0 Å². The number of hydrogen-bond acceptors (Lipinski definition) is 4. The van der Waals surface area contributed by atoms with Gasteiger partial charge in [0, 0.05) is 40.6 Å². The number of fused-ring (bicyclic) bond motifs is 1. The summed E-state index contributed by atoms with van der Waals surface area (Å²) in [5.41, 5.74) is 5.48. The van der Waals surface area contributed by atoms with Gasteiger partial charge in [-0.15, -0.1) is 0 Å². The Balaban J connectivity index is 2.26. The van der Waals surface area contributed by atoms with Crippen LogP contribution in [0.2, 0.25) is 0 Å². The van der Waals surface area contributed by atoms with E-state index in [0.717, 1.165) is 0 Å². The molecule has 21 heavy (non-hydrogen) atoms. The summed E-state index contributed by atoms with van der Waals surface area (Å²) in [7, 11) is -3.67. The van der Waals surface area contributed by atoms with Gasteiger partial charge in [-0.3, -0.25) is 4.79 Å². The molecule has 0 bridgehead atoms. The number of H-pyrrole nitrogens is 1. The van der Waals surface area contributed by atoms with Crippen molar-refractivity contribution in [1.29, 1.82) is 0 Å². The van der Waals surface area contributed by atoms with Crippen molar-refractivity contribution in [2.24, 2.45) is 5.73 Å². The van der Waals surface area contributed by atoms with Gasteiger partial charge in [-0.2, -0.15) is 4.31 Å². The lowest BCUT2D eigenvalue weighted by Crippen LogP contribution is -2.32. The standard InChI is InChI=1S/C13H14BrN3O3S/c14-10-6-16-13(18)9-2-1-3-11(12(9)10)21(19,20)17-5-4-8(15)7-17/h1-3,6,8H,4-5,7,15H2,(H,16,18)/t8-/m0/s1. The molecule has 112 valence electrons. The molecule has 0 radical (unpaired) electrons. The van der Waals surface area contributed by atoms with Crippen molar-refractivity contribution in [2.45, 2.75) is 17.4 Å². The van der Waals surface area contributed by atoms with Crippen LogP contribution >= 0.6 is 15.9 Å². The van der Waals surface area contributed by atoms with E-state index in [2.05, 4.69) is 20.9 Å². The van der Waals surface area contributed by atoms with E-state index in [0.29, 0.717) is 34.8 Å². The van der Waals surface area contributed by atoms with E-state index >= 15 is 0 Å². The first-order chi connectivity index (χ1) is 9.91. The first-order valence-electron chi connectivity index (χ1n) is 6.47. The summed E-state index contributed by atoms with van der Waals surface area (Å²) in [6.07, 6.45) is 2.10. The highest BCUT2D eigenvalue weighted by Gasteiger charge is 2.32. The quantitative estimate of drug-likeness (QED) is 0.823. The average Bonchev–Trinajstić information content (AvgIpc) is 2.90. The summed E-state index contributed by atoms with van der Waals surface area (Å²) < 4.78 is 27.5. The Morgan fingerprint density at radius 2 is 2.14 bits per heavy atom. The van der Waals surface area contributed by atoms with E-state index in [9.17, 15) is 13.2 Å². The molecule has 1 aromatic heterocycles. The fourth-order valence-electron chi connectivity index (χ4n) is 2.57. The van der Waals surface area contributed by atoms with Crippen LogP contribution in [-0.4, -0.2) is 36.8 Å². The van der Waals surface area contributed by atoms with Crippen LogP contribution in [-0.2, 0) is 10.0 Å². The van der Waals surface area contributed by atoms with Gasteiger partial charge in [0.1, 0.15) is 0 Å². The highest BCUT2D eigenvalue weighted by Crippen LogP contribution is 2.30. The van der Waals surface area contributed by atoms with Crippen molar-refractivity contribution in [3.8, 4) is 0 Å². The van der Waals surface area contributed by atoms with Gasteiger partial charge in [0.05, 0.1) is 4.90 Å². The third-order valence-corrected chi connectivity index (χ3v) is 6.18. The summed E-state index contributed by atoms with van der Waals surface area (Å²) in [6, 6.07) is 4.56. The Morgan fingerprint density at radius 3 is 2.81 bits per heavy atom. The van der Waals surface area contributed by atoms with Gasteiger partial charge in [-0.05, 0) is 34.5 Å². The maximum Gasteiger partial charge on any atom is 0.255 e. The van der Waals surface area contributed by atoms with Crippen LogP contribution in [0.1, 0.15) is 6.42 Å². The van der Waals surface area contributed by atoms with Gasteiger partial charge < -0.3 is 10.7 Å². The van der Waals surface area contributed by atoms with Crippen molar-refractivity contribution in [3.63, 3.8) is 0 Å². The van der Waals surface area contributed by atoms with Gasteiger partial charge >= 0.3 is 0 Å². The van der Waals surface area contributed by atoms with Crippen LogP contribution in [0.3, 0.4) is 0 Å². The van der Waals surface area contributed by atoms with Crippen LogP contribution in [0.15, 0.2) is 38.6 Å². The number of halogens is 1. The second-order valence-corrected chi connectivity index (χ2v) is 7.82. The molecule has 0 saturated carbocycles. The predicted octanol–water partition coefficient (Wildman–Crippen LogP) is 1.01. The Hall–Kier alpha value is -1.22. The minimum atomic E-state index is -3.67. The molecule has 3 N–H and O–H groups in total. The molecule has 0 amide bonds. The molecule has 0 unspecified atom stereocenters. The smallest absolute Gasteiger partial charge is 0.255 e. The SMILES string of the molecule is N[C@H]1CCN(S(=O)(=O)c2cccc3c(=O)[nH]cc(Br)c23)C1. The van der Waals surface area contributed by atoms with Crippen molar-refractivity contribution in [2.75, 3.05) is 13.1 Å². The topological polar surface area (TPSA) is 96.3 Å². The van der Waals surface area contributed by atoms with E-state index in [1.807, 2.05) is 0 Å².